The zero-order chi connectivity index (χ0) is 16.2. The molecule has 7 heteroatoms. The number of rotatable bonds is 3. The number of anilines is 1. The molecule has 2 fully saturated rings. The summed E-state index contributed by atoms with van der Waals surface area (Å²) in [7, 11) is 0. The van der Waals surface area contributed by atoms with E-state index in [-0.39, 0.29) is 6.03 Å². The molecule has 2 heterocycles. The van der Waals surface area contributed by atoms with Gasteiger partial charge in [-0.25, -0.2) is 4.79 Å². The molecule has 1 aromatic rings. The third kappa shape index (κ3) is 4.51. The summed E-state index contributed by atoms with van der Waals surface area (Å²) in [5, 5.41) is 3.78. The van der Waals surface area contributed by atoms with Crippen LogP contribution in [0, 0.1) is 0 Å². The Balaban J connectivity index is 1.46. The minimum absolute atomic E-state index is 0.0971. The number of amides is 2. The van der Waals surface area contributed by atoms with Crippen LogP contribution in [0.3, 0.4) is 0 Å². The zero-order valence-electron chi connectivity index (χ0n) is 12.9. The number of hydrogen-bond donors (Lipinski definition) is 1. The first kappa shape index (κ1) is 16.8. The van der Waals surface area contributed by atoms with Gasteiger partial charge in [0, 0.05) is 45.0 Å². The largest absolute Gasteiger partial charge is 0.377 e. The monoisotopic (exact) mass is 357 g/mol. The van der Waals surface area contributed by atoms with Crippen LogP contribution in [-0.2, 0) is 4.74 Å². The van der Waals surface area contributed by atoms with Crippen molar-refractivity contribution in [3.05, 3.63) is 28.2 Å². The summed E-state index contributed by atoms with van der Waals surface area (Å²) in [6.45, 7) is 5.07. The summed E-state index contributed by atoms with van der Waals surface area (Å²) in [4.78, 5) is 16.5. The number of carbonyl (C=O) groups is 1. The van der Waals surface area contributed by atoms with E-state index >= 15 is 0 Å². The van der Waals surface area contributed by atoms with Crippen molar-refractivity contribution in [1.29, 1.82) is 0 Å². The lowest BCUT2D eigenvalue weighted by Gasteiger charge is -2.35. The van der Waals surface area contributed by atoms with E-state index in [9.17, 15) is 4.79 Å². The molecule has 5 nitrogen and oxygen atoms in total. The summed E-state index contributed by atoms with van der Waals surface area (Å²) in [6.07, 6.45) is 2.68. The fourth-order valence-corrected chi connectivity index (χ4v) is 3.28. The molecule has 0 spiro atoms. The second-order valence-corrected chi connectivity index (χ2v) is 6.80. The molecule has 1 N–H and O–H groups in total. The molecule has 0 aromatic heterocycles. The number of piperazine rings is 1. The SMILES string of the molecule is O=C(Nc1ccc(Cl)c(Cl)c1)N1CCN(C[C@@H]2CCCO2)CC1. The molecule has 3 rings (SSSR count). The van der Waals surface area contributed by atoms with Crippen molar-refractivity contribution < 1.29 is 9.53 Å². The first-order chi connectivity index (χ1) is 11.1. The van der Waals surface area contributed by atoms with Crippen LogP contribution in [-0.4, -0.2) is 61.3 Å². The smallest absolute Gasteiger partial charge is 0.321 e. The maximum Gasteiger partial charge on any atom is 0.321 e. The van der Waals surface area contributed by atoms with Gasteiger partial charge in [-0.1, -0.05) is 23.2 Å². The average molecular weight is 358 g/mol. The lowest BCUT2D eigenvalue weighted by atomic mass is 10.2. The normalized spacial score (nSPS) is 22.3. The topological polar surface area (TPSA) is 44.8 Å². The molecule has 1 atom stereocenters. The van der Waals surface area contributed by atoms with Gasteiger partial charge in [-0.15, -0.1) is 0 Å². The first-order valence-corrected chi connectivity index (χ1v) is 8.72. The van der Waals surface area contributed by atoms with Gasteiger partial charge >= 0.3 is 6.03 Å². The minimum Gasteiger partial charge on any atom is -0.377 e. The fourth-order valence-electron chi connectivity index (χ4n) is 2.99. The third-order valence-electron chi connectivity index (χ3n) is 4.32. The maximum atomic E-state index is 12.3. The number of urea groups is 1. The van der Waals surface area contributed by atoms with E-state index in [1.54, 1.807) is 18.2 Å². The summed E-state index contributed by atoms with van der Waals surface area (Å²) < 4.78 is 5.67. The Labute approximate surface area is 146 Å². The van der Waals surface area contributed by atoms with E-state index in [2.05, 4.69) is 10.2 Å². The van der Waals surface area contributed by atoms with Crippen molar-refractivity contribution >= 4 is 34.9 Å². The average Bonchev–Trinajstić information content (AvgIpc) is 3.04. The highest BCUT2D eigenvalue weighted by atomic mass is 35.5. The van der Waals surface area contributed by atoms with Gasteiger partial charge in [0.2, 0.25) is 0 Å². The first-order valence-electron chi connectivity index (χ1n) is 7.97. The van der Waals surface area contributed by atoms with Crippen LogP contribution < -0.4 is 5.32 Å². The quantitative estimate of drug-likeness (QED) is 0.902. The van der Waals surface area contributed by atoms with Crippen molar-refractivity contribution in [2.45, 2.75) is 18.9 Å². The molecule has 23 heavy (non-hydrogen) atoms. The van der Waals surface area contributed by atoms with E-state index in [1.165, 1.54) is 0 Å². The molecule has 2 aliphatic rings. The predicted octanol–water partition coefficient (Wildman–Crippen LogP) is 3.32. The Bertz CT molecular complexity index is 556. The van der Waals surface area contributed by atoms with Gasteiger partial charge in [0.1, 0.15) is 0 Å². The molecule has 2 saturated heterocycles. The van der Waals surface area contributed by atoms with Crippen LogP contribution in [0.5, 0.6) is 0 Å². The van der Waals surface area contributed by atoms with E-state index < -0.39 is 0 Å². The van der Waals surface area contributed by atoms with Gasteiger partial charge in [-0.3, -0.25) is 4.90 Å². The summed E-state index contributed by atoms with van der Waals surface area (Å²) in [6, 6.07) is 4.99. The highest BCUT2D eigenvalue weighted by molar-refractivity contribution is 6.42. The molecule has 2 aliphatic heterocycles. The van der Waals surface area contributed by atoms with Gasteiger partial charge in [0.15, 0.2) is 0 Å². The van der Waals surface area contributed by atoms with E-state index in [0.29, 0.717) is 21.8 Å². The van der Waals surface area contributed by atoms with Crippen LogP contribution >= 0.6 is 23.2 Å². The molecule has 0 aliphatic carbocycles. The second kappa shape index (κ2) is 7.71. The Kier molecular flexibility index (Phi) is 5.64. The van der Waals surface area contributed by atoms with Crippen molar-refractivity contribution in [2.75, 3.05) is 44.6 Å². The molecule has 0 bridgehead atoms. The highest BCUT2D eigenvalue weighted by Crippen LogP contribution is 2.25. The lowest BCUT2D eigenvalue weighted by Crippen LogP contribution is -2.51. The molecular formula is C16H21Cl2N3O2. The van der Waals surface area contributed by atoms with Crippen LogP contribution in [0.4, 0.5) is 10.5 Å². The zero-order valence-corrected chi connectivity index (χ0v) is 14.4. The van der Waals surface area contributed by atoms with Crippen LogP contribution in [0.25, 0.3) is 0 Å². The molecular weight excluding hydrogens is 337 g/mol. The number of nitrogens with one attached hydrogen (secondary N) is 1. The third-order valence-corrected chi connectivity index (χ3v) is 5.06. The second-order valence-electron chi connectivity index (χ2n) is 5.98. The van der Waals surface area contributed by atoms with Crippen molar-refractivity contribution in [2.24, 2.45) is 0 Å². The van der Waals surface area contributed by atoms with Gasteiger partial charge in [-0.2, -0.15) is 0 Å². The molecule has 2 amide bonds. The van der Waals surface area contributed by atoms with Gasteiger partial charge in [0.25, 0.3) is 0 Å². The standard InChI is InChI=1S/C16H21Cl2N3O2/c17-14-4-3-12(10-15(14)18)19-16(22)21-7-5-20(6-8-21)11-13-2-1-9-23-13/h3-4,10,13H,1-2,5-9,11H2,(H,19,22)/t13-/m0/s1. The van der Waals surface area contributed by atoms with Crippen molar-refractivity contribution in [3.63, 3.8) is 0 Å². The number of halogens is 2. The van der Waals surface area contributed by atoms with Crippen molar-refractivity contribution in [1.82, 2.24) is 9.80 Å². The Morgan fingerprint density at radius 1 is 1.22 bits per heavy atom. The van der Waals surface area contributed by atoms with Crippen LogP contribution in [0.15, 0.2) is 18.2 Å². The van der Waals surface area contributed by atoms with Crippen LogP contribution in [0.2, 0.25) is 10.0 Å². The lowest BCUT2D eigenvalue weighted by molar-refractivity contribution is 0.0572. The van der Waals surface area contributed by atoms with Gasteiger partial charge in [0.05, 0.1) is 16.1 Å². The Hall–Kier alpha value is -1.01. The van der Waals surface area contributed by atoms with Gasteiger partial charge in [-0.05, 0) is 31.0 Å². The highest BCUT2D eigenvalue weighted by Gasteiger charge is 2.24. The molecule has 1 aromatic carbocycles. The number of hydrogen-bond acceptors (Lipinski definition) is 3. The maximum absolute atomic E-state index is 12.3. The summed E-state index contributed by atoms with van der Waals surface area (Å²) >= 11 is 11.8. The summed E-state index contributed by atoms with van der Waals surface area (Å²) in [5.74, 6) is 0. The molecule has 0 saturated carbocycles. The molecule has 126 valence electrons. The van der Waals surface area contributed by atoms with Crippen LogP contribution in [0.1, 0.15) is 12.8 Å². The Morgan fingerprint density at radius 2 is 2.00 bits per heavy atom. The number of benzene rings is 1. The van der Waals surface area contributed by atoms with E-state index in [1.807, 2.05) is 4.90 Å². The predicted molar refractivity (Wildman–Crippen MR) is 92.5 cm³/mol. The Morgan fingerprint density at radius 3 is 2.65 bits per heavy atom. The molecule has 0 unspecified atom stereocenters. The van der Waals surface area contributed by atoms with E-state index in [4.69, 9.17) is 27.9 Å². The number of nitrogens with zero attached hydrogens (tertiary/aromatic N) is 2. The summed E-state index contributed by atoms with van der Waals surface area (Å²) in [5.41, 5.74) is 0.659. The van der Waals surface area contributed by atoms with Crippen molar-refractivity contribution in [3.8, 4) is 0 Å². The number of ether oxygens (including phenoxy) is 1. The van der Waals surface area contributed by atoms with Gasteiger partial charge < -0.3 is 15.0 Å². The molecule has 0 radical (unpaired) electrons. The van der Waals surface area contributed by atoms with E-state index in [0.717, 1.165) is 52.2 Å². The minimum atomic E-state index is -0.0971. The number of carbonyl (C=O) groups excluding carboxylic acids is 1. The fraction of sp³-hybridized carbons (Fsp3) is 0.562.